The second kappa shape index (κ2) is 15.3. The molecule has 0 amide bonds. The highest BCUT2D eigenvalue weighted by Crippen LogP contribution is 2.43. The maximum absolute atomic E-state index is 6.26. The Morgan fingerprint density at radius 1 is 0.621 bits per heavy atom. The van der Waals surface area contributed by atoms with Crippen LogP contribution in [0.25, 0.3) is 11.1 Å². The molecule has 0 bridgehead atoms. The van der Waals surface area contributed by atoms with E-state index in [1.807, 2.05) is 18.2 Å². The molecule has 0 aliphatic rings. The van der Waals surface area contributed by atoms with Gasteiger partial charge in [-0.3, -0.25) is 0 Å². The molecule has 2 aromatic rings. The third-order valence-corrected chi connectivity index (χ3v) is 6.44. The summed E-state index contributed by atoms with van der Waals surface area (Å²) >= 11 is 10.7. The molecule has 160 valence electrons. The molecule has 2 nitrogen and oxygen atoms in total. The van der Waals surface area contributed by atoms with E-state index in [0.717, 1.165) is 63.8 Å². The first kappa shape index (κ1) is 24.7. The fourth-order valence-electron chi connectivity index (χ4n) is 3.14. The Bertz CT molecular complexity index is 692. The summed E-state index contributed by atoms with van der Waals surface area (Å²) in [6, 6.07) is 14.5. The second-order valence-corrected chi connectivity index (χ2v) is 9.46. The summed E-state index contributed by atoms with van der Waals surface area (Å²) < 4.78 is 13.4. The van der Waals surface area contributed by atoms with Gasteiger partial charge < -0.3 is 9.47 Å². The smallest absolute Gasteiger partial charge is 0.145 e. The summed E-state index contributed by atoms with van der Waals surface area (Å²) in [6.45, 7) is 1.45. The van der Waals surface area contributed by atoms with Gasteiger partial charge in [-0.15, -0.1) is 0 Å². The molecule has 0 unspecified atom stereocenters. The first-order chi connectivity index (χ1) is 14.3. The number of alkyl halides is 2. The van der Waals surface area contributed by atoms with E-state index >= 15 is 0 Å². The van der Waals surface area contributed by atoms with Crippen molar-refractivity contribution in [2.45, 2.75) is 51.4 Å². The van der Waals surface area contributed by atoms with Crippen LogP contribution in [0, 0.1) is 0 Å². The molecule has 0 saturated carbocycles. The van der Waals surface area contributed by atoms with Crippen LogP contribution >= 0.6 is 47.8 Å². The SMILES string of the molecule is BrCCCCCCOc1ccc(Br)c(OCCCCCCBr)c1-c1ccccc1. The lowest BCUT2D eigenvalue weighted by molar-refractivity contribution is 0.291. The lowest BCUT2D eigenvalue weighted by Gasteiger charge is -2.18. The van der Waals surface area contributed by atoms with Crippen LogP contribution in [0.3, 0.4) is 0 Å². The molecule has 5 heteroatoms. The van der Waals surface area contributed by atoms with Crippen molar-refractivity contribution in [3.05, 3.63) is 46.9 Å². The second-order valence-electron chi connectivity index (χ2n) is 7.02. The zero-order valence-electron chi connectivity index (χ0n) is 17.0. The number of hydrogen-bond donors (Lipinski definition) is 0. The molecule has 0 aromatic heterocycles. The van der Waals surface area contributed by atoms with Crippen LogP contribution in [-0.4, -0.2) is 23.9 Å². The maximum atomic E-state index is 6.26. The normalized spacial score (nSPS) is 10.9. The molecule has 0 aliphatic carbocycles. The zero-order valence-corrected chi connectivity index (χ0v) is 21.7. The summed E-state index contributed by atoms with van der Waals surface area (Å²) in [5.41, 5.74) is 2.17. The molecule has 2 aromatic carbocycles. The molecule has 2 rings (SSSR count). The fraction of sp³-hybridized carbons (Fsp3) is 0.500. The lowest BCUT2D eigenvalue weighted by atomic mass is 10.0. The minimum absolute atomic E-state index is 0.719. The Hall–Kier alpha value is -0.520. The summed E-state index contributed by atoms with van der Waals surface area (Å²) in [6.07, 6.45) is 9.44. The number of halogens is 3. The quantitative estimate of drug-likeness (QED) is 0.152. The van der Waals surface area contributed by atoms with E-state index in [-0.39, 0.29) is 0 Å². The van der Waals surface area contributed by atoms with Gasteiger partial charge in [0, 0.05) is 10.7 Å². The van der Waals surface area contributed by atoms with Crippen LogP contribution in [0.5, 0.6) is 11.5 Å². The zero-order chi connectivity index (χ0) is 20.7. The molecule has 0 aliphatic heterocycles. The largest absolute Gasteiger partial charge is 0.493 e. The number of ether oxygens (including phenoxy) is 2. The van der Waals surface area contributed by atoms with Gasteiger partial charge >= 0.3 is 0 Å². The van der Waals surface area contributed by atoms with Gasteiger partial charge in [0.05, 0.1) is 23.2 Å². The highest BCUT2D eigenvalue weighted by molar-refractivity contribution is 9.10. The Balaban J connectivity index is 2.09. The molecule has 0 radical (unpaired) electrons. The number of hydrogen-bond acceptors (Lipinski definition) is 2. The predicted octanol–water partition coefficient (Wildman–Crippen LogP) is 8.78. The van der Waals surface area contributed by atoms with Crippen LogP contribution in [0.2, 0.25) is 0 Å². The van der Waals surface area contributed by atoms with E-state index in [2.05, 4.69) is 72.1 Å². The van der Waals surface area contributed by atoms with Crippen LogP contribution in [0.1, 0.15) is 51.4 Å². The number of benzene rings is 2. The van der Waals surface area contributed by atoms with Gasteiger partial charge in [-0.2, -0.15) is 0 Å². The topological polar surface area (TPSA) is 18.5 Å². The number of unbranched alkanes of at least 4 members (excludes halogenated alkanes) is 6. The molecule has 0 N–H and O–H groups in total. The van der Waals surface area contributed by atoms with Crippen LogP contribution in [0.4, 0.5) is 0 Å². The third kappa shape index (κ3) is 9.02. The van der Waals surface area contributed by atoms with Crippen molar-refractivity contribution in [1.29, 1.82) is 0 Å². The van der Waals surface area contributed by atoms with Gasteiger partial charge in [0.1, 0.15) is 11.5 Å². The van der Waals surface area contributed by atoms with Crippen LogP contribution < -0.4 is 9.47 Å². The predicted molar refractivity (Wildman–Crippen MR) is 135 cm³/mol. The Labute approximate surface area is 201 Å². The van der Waals surface area contributed by atoms with Gasteiger partial charge in [-0.1, -0.05) is 87.9 Å². The highest BCUT2D eigenvalue weighted by atomic mass is 79.9. The van der Waals surface area contributed by atoms with Crippen molar-refractivity contribution in [2.24, 2.45) is 0 Å². The Morgan fingerprint density at radius 2 is 1.21 bits per heavy atom. The monoisotopic (exact) mass is 588 g/mol. The highest BCUT2D eigenvalue weighted by Gasteiger charge is 2.17. The minimum Gasteiger partial charge on any atom is -0.493 e. The summed E-state index contributed by atoms with van der Waals surface area (Å²) in [5, 5.41) is 2.16. The van der Waals surface area contributed by atoms with Crippen molar-refractivity contribution in [2.75, 3.05) is 23.9 Å². The summed E-state index contributed by atoms with van der Waals surface area (Å²) in [7, 11) is 0. The first-order valence-electron chi connectivity index (χ1n) is 10.5. The summed E-state index contributed by atoms with van der Waals surface area (Å²) in [4.78, 5) is 0. The van der Waals surface area contributed by atoms with E-state index in [9.17, 15) is 0 Å². The minimum atomic E-state index is 0.719. The van der Waals surface area contributed by atoms with Gasteiger partial charge in [0.25, 0.3) is 0 Å². The molecule has 0 atom stereocenters. The lowest BCUT2D eigenvalue weighted by Crippen LogP contribution is -2.03. The molecule has 0 saturated heterocycles. The molecule has 0 spiro atoms. The average Bonchev–Trinajstić information content (AvgIpc) is 2.75. The molecular formula is C24H31Br3O2. The van der Waals surface area contributed by atoms with Gasteiger partial charge in [-0.25, -0.2) is 0 Å². The van der Waals surface area contributed by atoms with Crippen molar-refractivity contribution in [3.8, 4) is 22.6 Å². The van der Waals surface area contributed by atoms with Crippen molar-refractivity contribution in [3.63, 3.8) is 0 Å². The maximum Gasteiger partial charge on any atom is 0.145 e. The van der Waals surface area contributed by atoms with Crippen molar-refractivity contribution >= 4 is 47.8 Å². The fourth-order valence-corrected chi connectivity index (χ4v) is 4.37. The van der Waals surface area contributed by atoms with E-state index in [1.54, 1.807) is 0 Å². The van der Waals surface area contributed by atoms with Gasteiger partial charge in [-0.05, 0) is 59.3 Å². The van der Waals surface area contributed by atoms with E-state index in [4.69, 9.17) is 9.47 Å². The van der Waals surface area contributed by atoms with Crippen LogP contribution in [0.15, 0.2) is 46.9 Å². The molecule has 0 heterocycles. The van der Waals surface area contributed by atoms with E-state index in [0.29, 0.717) is 0 Å². The van der Waals surface area contributed by atoms with E-state index < -0.39 is 0 Å². The third-order valence-electron chi connectivity index (χ3n) is 4.69. The van der Waals surface area contributed by atoms with Crippen molar-refractivity contribution in [1.82, 2.24) is 0 Å². The standard InChI is InChI=1S/C24H31Br3O2/c25-16-8-1-3-10-18-28-22-15-14-21(27)24(29-19-11-4-2-9-17-26)23(22)20-12-6-5-7-13-20/h5-7,12-15H,1-4,8-11,16-19H2. The Morgan fingerprint density at radius 3 is 1.83 bits per heavy atom. The number of rotatable bonds is 15. The van der Waals surface area contributed by atoms with Crippen LogP contribution in [-0.2, 0) is 0 Å². The Kier molecular flexibility index (Phi) is 13.1. The summed E-state index contributed by atoms with van der Waals surface area (Å²) in [5.74, 6) is 1.78. The molecule has 29 heavy (non-hydrogen) atoms. The van der Waals surface area contributed by atoms with Crippen molar-refractivity contribution < 1.29 is 9.47 Å². The first-order valence-corrected chi connectivity index (χ1v) is 13.6. The van der Waals surface area contributed by atoms with Gasteiger partial charge in [0.2, 0.25) is 0 Å². The molecular weight excluding hydrogens is 560 g/mol. The van der Waals surface area contributed by atoms with Gasteiger partial charge in [0.15, 0.2) is 0 Å². The molecule has 0 fully saturated rings. The average molecular weight is 591 g/mol. The van der Waals surface area contributed by atoms with E-state index in [1.165, 1.54) is 38.5 Å².